The molecular weight excluding hydrogens is 324 g/mol. The summed E-state index contributed by atoms with van der Waals surface area (Å²) in [5.74, 6) is -0.461. The molecule has 0 saturated carbocycles. The lowest BCUT2D eigenvalue weighted by molar-refractivity contribution is -0.121. The first-order chi connectivity index (χ1) is 11.5. The maximum absolute atomic E-state index is 12.2. The lowest BCUT2D eigenvalue weighted by Crippen LogP contribution is -2.28. The molecule has 24 heavy (non-hydrogen) atoms. The summed E-state index contributed by atoms with van der Waals surface area (Å²) in [4.78, 5) is 27.0. The van der Waals surface area contributed by atoms with Gasteiger partial charge in [-0.25, -0.2) is 9.78 Å². The van der Waals surface area contributed by atoms with E-state index in [1.54, 1.807) is 0 Å². The van der Waals surface area contributed by atoms with Gasteiger partial charge in [0.2, 0.25) is 5.91 Å². The van der Waals surface area contributed by atoms with Gasteiger partial charge in [-0.05, 0) is 17.4 Å². The Hall–Kier alpha value is -2.21. The zero-order valence-electron chi connectivity index (χ0n) is 13.9. The first kappa shape index (κ1) is 18.1. The van der Waals surface area contributed by atoms with Gasteiger partial charge in [-0.3, -0.25) is 4.79 Å². The van der Waals surface area contributed by atoms with Crippen LogP contribution in [0.25, 0.3) is 0 Å². The van der Waals surface area contributed by atoms with E-state index in [0.29, 0.717) is 25.3 Å². The topological polar surface area (TPSA) is 79.3 Å². The number of carbonyl (C=O) groups excluding carboxylic acids is 1. The molecular formula is C18H22N2O3S. The lowest BCUT2D eigenvalue weighted by Gasteiger charge is -2.20. The third-order valence-electron chi connectivity index (χ3n) is 3.87. The van der Waals surface area contributed by atoms with Gasteiger partial charge in [-0.15, -0.1) is 11.3 Å². The maximum Gasteiger partial charge on any atom is 0.355 e. The van der Waals surface area contributed by atoms with E-state index in [0.717, 1.165) is 5.01 Å². The minimum Gasteiger partial charge on any atom is -0.476 e. The molecule has 1 aromatic heterocycles. The van der Waals surface area contributed by atoms with Gasteiger partial charge in [-0.2, -0.15) is 0 Å². The van der Waals surface area contributed by atoms with Crippen molar-refractivity contribution in [2.24, 2.45) is 5.92 Å². The second kappa shape index (κ2) is 8.59. The largest absolute Gasteiger partial charge is 0.476 e. The number of benzene rings is 1. The second-order valence-corrected chi connectivity index (χ2v) is 6.94. The molecule has 0 radical (unpaired) electrons. The first-order valence-electron chi connectivity index (χ1n) is 7.96. The van der Waals surface area contributed by atoms with Crippen LogP contribution in [0.3, 0.4) is 0 Å². The number of hydrogen-bond donors (Lipinski definition) is 2. The highest BCUT2D eigenvalue weighted by molar-refractivity contribution is 7.09. The standard InChI is InChI=1S/C18H22N2O3S/c1-12(2)14(13-6-4-3-5-7-13)10-16(21)19-9-8-17-20-15(11-24-17)18(22)23/h3-7,11-12,14H,8-10H2,1-2H3,(H,19,21)(H,22,23). The van der Waals surface area contributed by atoms with Gasteiger partial charge in [0.05, 0.1) is 5.01 Å². The third kappa shape index (κ3) is 5.16. The number of carbonyl (C=O) groups is 2. The number of carboxylic acids is 1. The molecule has 0 aliphatic rings. The van der Waals surface area contributed by atoms with E-state index in [1.807, 2.05) is 18.2 Å². The summed E-state index contributed by atoms with van der Waals surface area (Å²) in [5, 5.41) is 14.0. The summed E-state index contributed by atoms with van der Waals surface area (Å²) in [6.45, 7) is 4.70. The number of amides is 1. The molecule has 1 heterocycles. The molecule has 0 spiro atoms. The molecule has 2 N–H and O–H groups in total. The number of aromatic carboxylic acids is 1. The van der Waals surface area contributed by atoms with Crippen molar-refractivity contribution in [3.63, 3.8) is 0 Å². The Balaban J connectivity index is 1.84. The molecule has 0 bridgehead atoms. The van der Waals surface area contributed by atoms with Gasteiger partial charge < -0.3 is 10.4 Å². The van der Waals surface area contributed by atoms with Crippen molar-refractivity contribution < 1.29 is 14.7 Å². The average Bonchev–Trinajstić information content (AvgIpc) is 3.02. The van der Waals surface area contributed by atoms with Crippen molar-refractivity contribution in [2.45, 2.75) is 32.6 Å². The number of hydrogen-bond acceptors (Lipinski definition) is 4. The van der Waals surface area contributed by atoms with E-state index in [2.05, 4.69) is 36.3 Å². The predicted molar refractivity (Wildman–Crippen MR) is 94.4 cm³/mol. The molecule has 1 atom stereocenters. The molecule has 128 valence electrons. The van der Waals surface area contributed by atoms with Crippen LogP contribution >= 0.6 is 11.3 Å². The van der Waals surface area contributed by atoms with Crippen LogP contribution in [0, 0.1) is 5.92 Å². The molecule has 1 aromatic carbocycles. The molecule has 6 heteroatoms. The Labute approximate surface area is 145 Å². The number of carboxylic acid groups (broad SMARTS) is 1. The maximum atomic E-state index is 12.2. The van der Waals surface area contributed by atoms with Crippen LogP contribution in [0.5, 0.6) is 0 Å². The van der Waals surface area contributed by atoms with Crippen LogP contribution in [0.15, 0.2) is 35.7 Å². The van der Waals surface area contributed by atoms with Gasteiger partial charge in [0, 0.05) is 24.8 Å². The zero-order chi connectivity index (χ0) is 17.5. The van der Waals surface area contributed by atoms with Crippen LogP contribution in [0.2, 0.25) is 0 Å². The number of thiazole rings is 1. The van der Waals surface area contributed by atoms with Gasteiger partial charge in [0.1, 0.15) is 0 Å². The Morgan fingerprint density at radius 2 is 1.96 bits per heavy atom. The predicted octanol–water partition coefficient (Wildman–Crippen LogP) is 3.33. The summed E-state index contributed by atoms with van der Waals surface area (Å²) >= 11 is 1.30. The highest BCUT2D eigenvalue weighted by Gasteiger charge is 2.19. The van der Waals surface area contributed by atoms with Crippen molar-refractivity contribution in [2.75, 3.05) is 6.54 Å². The Bertz CT molecular complexity index is 683. The van der Waals surface area contributed by atoms with E-state index >= 15 is 0 Å². The number of rotatable bonds is 8. The fourth-order valence-corrected chi connectivity index (χ4v) is 3.32. The SMILES string of the molecule is CC(C)C(CC(=O)NCCc1nc(C(=O)O)cs1)c1ccccc1. The first-order valence-corrected chi connectivity index (χ1v) is 8.84. The summed E-state index contributed by atoms with van der Waals surface area (Å²) < 4.78 is 0. The Morgan fingerprint density at radius 1 is 1.25 bits per heavy atom. The van der Waals surface area contributed by atoms with Crippen molar-refractivity contribution in [1.82, 2.24) is 10.3 Å². The minimum atomic E-state index is -1.02. The molecule has 2 rings (SSSR count). The highest BCUT2D eigenvalue weighted by Crippen LogP contribution is 2.27. The number of nitrogens with one attached hydrogen (secondary N) is 1. The quantitative estimate of drug-likeness (QED) is 0.768. The summed E-state index contributed by atoms with van der Waals surface area (Å²) in [6, 6.07) is 10.1. The molecule has 0 fully saturated rings. The monoisotopic (exact) mass is 346 g/mol. The Kier molecular flexibility index (Phi) is 6.49. The van der Waals surface area contributed by atoms with Crippen LogP contribution in [0.1, 0.15) is 47.2 Å². The molecule has 0 aliphatic heterocycles. The van der Waals surface area contributed by atoms with Gasteiger partial charge in [-0.1, -0.05) is 44.2 Å². The van der Waals surface area contributed by atoms with E-state index in [1.165, 1.54) is 22.3 Å². The van der Waals surface area contributed by atoms with Crippen molar-refractivity contribution in [3.8, 4) is 0 Å². The molecule has 5 nitrogen and oxygen atoms in total. The van der Waals surface area contributed by atoms with E-state index < -0.39 is 5.97 Å². The molecule has 0 saturated heterocycles. The lowest BCUT2D eigenvalue weighted by atomic mass is 9.85. The molecule has 1 amide bonds. The summed E-state index contributed by atoms with van der Waals surface area (Å²) in [5.41, 5.74) is 1.24. The van der Waals surface area contributed by atoms with E-state index in [9.17, 15) is 9.59 Å². The third-order valence-corrected chi connectivity index (χ3v) is 4.78. The Morgan fingerprint density at radius 3 is 2.54 bits per heavy atom. The van der Waals surface area contributed by atoms with E-state index in [4.69, 9.17) is 5.11 Å². The van der Waals surface area contributed by atoms with Crippen LogP contribution in [-0.2, 0) is 11.2 Å². The fraction of sp³-hybridized carbons (Fsp3) is 0.389. The number of nitrogens with zero attached hydrogens (tertiary/aromatic N) is 1. The summed E-state index contributed by atoms with van der Waals surface area (Å²) in [7, 11) is 0. The summed E-state index contributed by atoms with van der Waals surface area (Å²) in [6.07, 6.45) is 0.987. The average molecular weight is 346 g/mol. The van der Waals surface area contributed by atoms with Crippen LogP contribution < -0.4 is 5.32 Å². The van der Waals surface area contributed by atoms with Crippen molar-refractivity contribution in [3.05, 3.63) is 52.0 Å². The smallest absolute Gasteiger partial charge is 0.355 e. The van der Waals surface area contributed by atoms with Gasteiger partial charge in [0.15, 0.2) is 5.69 Å². The van der Waals surface area contributed by atoms with Gasteiger partial charge in [0.25, 0.3) is 0 Å². The molecule has 1 unspecified atom stereocenters. The van der Waals surface area contributed by atoms with Crippen molar-refractivity contribution in [1.29, 1.82) is 0 Å². The zero-order valence-corrected chi connectivity index (χ0v) is 14.7. The fourth-order valence-electron chi connectivity index (χ4n) is 2.54. The normalized spacial score (nSPS) is 12.1. The number of aromatic nitrogens is 1. The van der Waals surface area contributed by atoms with Crippen LogP contribution in [0.4, 0.5) is 0 Å². The van der Waals surface area contributed by atoms with E-state index in [-0.39, 0.29) is 17.5 Å². The van der Waals surface area contributed by atoms with Crippen molar-refractivity contribution >= 4 is 23.2 Å². The van der Waals surface area contributed by atoms with Crippen LogP contribution in [-0.4, -0.2) is 28.5 Å². The molecule has 2 aromatic rings. The molecule has 0 aliphatic carbocycles. The van der Waals surface area contributed by atoms with Gasteiger partial charge >= 0.3 is 5.97 Å². The minimum absolute atomic E-state index is 0.00701. The second-order valence-electron chi connectivity index (χ2n) is 6.00. The highest BCUT2D eigenvalue weighted by atomic mass is 32.1.